The quantitative estimate of drug-likeness (QED) is 0.586. The lowest BCUT2D eigenvalue weighted by Gasteiger charge is -2.04. The van der Waals surface area contributed by atoms with Gasteiger partial charge in [-0.15, -0.1) is 0 Å². The van der Waals surface area contributed by atoms with E-state index < -0.39 is 6.67 Å². The number of benzene rings is 1. The highest BCUT2D eigenvalue weighted by Crippen LogP contribution is 2.15. The molecule has 0 unspecified atom stereocenters. The summed E-state index contributed by atoms with van der Waals surface area (Å²) in [7, 11) is 0. The van der Waals surface area contributed by atoms with E-state index in [0.29, 0.717) is 5.56 Å². The van der Waals surface area contributed by atoms with Gasteiger partial charge in [-0.1, -0.05) is 0 Å². The largest absolute Gasteiger partial charge is 0.246 e. The Balaban J connectivity index is 3.24. The minimum Gasteiger partial charge on any atom is -0.246 e. The van der Waals surface area contributed by atoms with E-state index in [0.717, 1.165) is 11.1 Å². The molecule has 0 atom stereocenters. The molecule has 1 aromatic carbocycles. The molecule has 0 radical (unpaired) electrons. The maximum atomic E-state index is 12.6. The summed E-state index contributed by atoms with van der Waals surface area (Å²) >= 11 is 0. The molecule has 0 bridgehead atoms. The first kappa shape index (κ1) is 8.18. The molecular formula is C9H10F2. The van der Waals surface area contributed by atoms with Crippen LogP contribution in [-0.4, -0.2) is 0 Å². The summed E-state index contributed by atoms with van der Waals surface area (Å²) in [6.45, 7) is 2.98. The van der Waals surface area contributed by atoms with Crippen LogP contribution in [0.1, 0.15) is 16.7 Å². The van der Waals surface area contributed by atoms with E-state index in [-0.39, 0.29) is 5.82 Å². The van der Waals surface area contributed by atoms with Crippen molar-refractivity contribution in [3.8, 4) is 0 Å². The van der Waals surface area contributed by atoms with Gasteiger partial charge in [-0.25, -0.2) is 8.78 Å². The summed E-state index contributed by atoms with van der Waals surface area (Å²) in [5.74, 6) is -0.360. The third kappa shape index (κ3) is 1.56. The molecule has 1 rings (SSSR count). The molecule has 0 aromatic heterocycles. The molecule has 0 amide bonds. The molecule has 0 aliphatic heterocycles. The second kappa shape index (κ2) is 2.99. The van der Waals surface area contributed by atoms with Crippen molar-refractivity contribution in [3.63, 3.8) is 0 Å². The average molecular weight is 156 g/mol. The van der Waals surface area contributed by atoms with Crippen LogP contribution >= 0.6 is 0 Å². The second-order valence-electron chi connectivity index (χ2n) is 2.64. The molecule has 2 heteroatoms. The molecule has 60 valence electrons. The molecule has 0 saturated carbocycles. The highest BCUT2D eigenvalue weighted by Gasteiger charge is 2.02. The lowest BCUT2D eigenvalue weighted by molar-refractivity contribution is 0.480. The van der Waals surface area contributed by atoms with Gasteiger partial charge < -0.3 is 0 Å². The maximum Gasteiger partial charge on any atom is 0.123 e. The van der Waals surface area contributed by atoms with Crippen molar-refractivity contribution < 1.29 is 8.78 Å². The van der Waals surface area contributed by atoms with Crippen molar-refractivity contribution in [3.05, 3.63) is 34.6 Å². The van der Waals surface area contributed by atoms with Crippen LogP contribution in [0.3, 0.4) is 0 Å². The van der Waals surface area contributed by atoms with Crippen LogP contribution in [0.2, 0.25) is 0 Å². The van der Waals surface area contributed by atoms with Crippen LogP contribution in [0.5, 0.6) is 0 Å². The molecule has 0 aliphatic carbocycles. The predicted octanol–water partition coefficient (Wildman–Crippen LogP) is 2.91. The first-order valence-corrected chi connectivity index (χ1v) is 3.46. The zero-order valence-corrected chi connectivity index (χ0v) is 6.62. The van der Waals surface area contributed by atoms with E-state index >= 15 is 0 Å². The van der Waals surface area contributed by atoms with Crippen molar-refractivity contribution >= 4 is 0 Å². The molecule has 1 aromatic rings. The van der Waals surface area contributed by atoms with Gasteiger partial charge in [-0.05, 0) is 42.7 Å². The van der Waals surface area contributed by atoms with Crippen LogP contribution in [0, 0.1) is 19.7 Å². The van der Waals surface area contributed by atoms with E-state index in [1.165, 1.54) is 12.1 Å². The minimum atomic E-state index is -0.593. The standard InChI is InChI=1S/C9H10F2/c1-6-3-9(11)4-8(5-10)7(6)2/h3-4H,5H2,1-2H3. The Morgan fingerprint density at radius 2 is 1.91 bits per heavy atom. The molecule has 0 saturated heterocycles. The van der Waals surface area contributed by atoms with Gasteiger partial charge in [0.2, 0.25) is 0 Å². The van der Waals surface area contributed by atoms with Gasteiger partial charge in [-0.2, -0.15) is 0 Å². The Morgan fingerprint density at radius 1 is 1.27 bits per heavy atom. The van der Waals surface area contributed by atoms with Crippen LogP contribution in [-0.2, 0) is 6.67 Å². The summed E-state index contributed by atoms with van der Waals surface area (Å²) in [5, 5.41) is 0. The fraction of sp³-hybridized carbons (Fsp3) is 0.333. The first-order valence-electron chi connectivity index (χ1n) is 3.46. The maximum absolute atomic E-state index is 12.6. The monoisotopic (exact) mass is 156 g/mol. The van der Waals surface area contributed by atoms with Crippen molar-refractivity contribution in [2.45, 2.75) is 20.5 Å². The fourth-order valence-electron chi connectivity index (χ4n) is 1.02. The Hall–Kier alpha value is -0.920. The van der Waals surface area contributed by atoms with Crippen LogP contribution in [0.15, 0.2) is 12.1 Å². The molecular weight excluding hydrogens is 146 g/mol. The van der Waals surface area contributed by atoms with E-state index in [9.17, 15) is 8.78 Å². The fourth-order valence-corrected chi connectivity index (χ4v) is 1.02. The van der Waals surface area contributed by atoms with Crippen molar-refractivity contribution in [1.82, 2.24) is 0 Å². The Morgan fingerprint density at radius 3 is 2.45 bits per heavy atom. The number of rotatable bonds is 1. The molecule has 0 spiro atoms. The van der Waals surface area contributed by atoms with E-state index in [2.05, 4.69) is 0 Å². The zero-order valence-electron chi connectivity index (χ0n) is 6.62. The summed E-state index contributed by atoms with van der Waals surface area (Å²) in [6, 6.07) is 2.65. The van der Waals surface area contributed by atoms with Crippen molar-refractivity contribution in [1.29, 1.82) is 0 Å². The number of aryl methyl sites for hydroxylation is 1. The predicted molar refractivity (Wildman–Crippen MR) is 40.7 cm³/mol. The molecule has 0 aliphatic rings. The van der Waals surface area contributed by atoms with E-state index in [1.807, 2.05) is 0 Å². The summed E-state index contributed by atoms with van der Waals surface area (Å²) < 4.78 is 24.8. The highest BCUT2D eigenvalue weighted by molar-refractivity contribution is 5.33. The van der Waals surface area contributed by atoms with Crippen LogP contribution in [0.25, 0.3) is 0 Å². The normalized spacial score (nSPS) is 10.2. The average Bonchev–Trinajstić information content (AvgIpc) is 1.96. The topological polar surface area (TPSA) is 0 Å². The van der Waals surface area contributed by atoms with E-state index in [1.54, 1.807) is 13.8 Å². The lowest BCUT2D eigenvalue weighted by Crippen LogP contribution is -1.91. The minimum absolute atomic E-state index is 0.360. The third-order valence-electron chi connectivity index (χ3n) is 1.88. The molecule has 0 fully saturated rings. The Bertz CT molecular complexity index is 267. The summed E-state index contributed by atoms with van der Waals surface area (Å²) in [5.41, 5.74) is 2.09. The molecule has 11 heavy (non-hydrogen) atoms. The van der Waals surface area contributed by atoms with Crippen molar-refractivity contribution in [2.75, 3.05) is 0 Å². The second-order valence-corrected chi connectivity index (χ2v) is 2.64. The van der Waals surface area contributed by atoms with Crippen LogP contribution < -0.4 is 0 Å². The van der Waals surface area contributed by atoms with Gasteiger partial charge in [0.15, 0.2) is 0 Å². The van der Waals surface area contributed by atoms with Gasteiger partial charge >= 0.3 is 0 Å². The number of halogens is 2. The van der Waals surface area contributed by atoms with Gasteiger partial charge in [0.25, 0.3) is 0 Å². The van der Waals surface area contributed by atoms with Crippen LogP contribution in [0.4, 0.5) is 8.78 Å². The number of hydrogen-bond donors (Lipinski definition) is 0. The smallest absolute Gasteiger partial charge is 0.123 e. The lowest BCUT2D eigenvalue weighted by atomic mass is 10.0. The van der Waals surface area contributed by atoms with Gasteiger partial charge in [0, 0.05) is 0 Å². The highest BCUT2D eigenvalue weighted by atomic mass is 19.1. The van der Waals surface area contributed by atoms with Gasteiger partial charge in [0.05, 0.1) is 0 Å². The molecule has 0 N–H and O–H groups in total. The first-order chi connectivity index (χ1) is 5.15. The summed E-state index contributed by atoms with van der Waals surface area (Å²) in [6.07, 6.45) is 0. The molecule has 0 nitrogen and oxygen atoms in total. The number of hydrogen-bond acceptors (Lipinski definition) is 0. The zero-order chi connectivity index (χ0) is 8.43. The Kier molecular flexibility index (Phi) is 2.22. The van der Waals surface area contributed by atoms with Gasteiger partial charge in [-0.3, -0.25) is 0 Å². The number of alkyl halides is 1. The SMILES string of the molecule is Cc1cc(F)cc(CF)c1C. The third-order valence-corrected chi connectivity index (χ3v) is 1.88. The Labute approximate surface area is 64.9 Å². The summed E-state index contributed by atoms with van der Waals surface area (Å²) in [4.78, 5) is 0. The van der Waals surface area contributed by atoms with E-state index in [4.69, 9.17) is 0 Å². The van der Waals surface area contributed by atoms with Crippen molar-refractivity contribution in [2.24, 2.45) is 0 Å². The molecule has 0 heterocycles. The van der Waals surface area contributed by atoms with Gasteiger partial charge in [0.1, 0.15) is 12.5 Å².